The first-order chi connectivity index (χ1) is 8.67. The zero-order chi connectivity index (χ0) is 13.0. The van der Waals surface area contributed by atoms with Crippen LogP contribution in [0.3, 0.4) is 0 Å². The second-order valence-corrected chi connectivity index (χ2v) is 5.03. The number of aromatic nitrogens is 3. The highest BCUT2D eigenvalue weighted by atomic mass is 35.5. The van der Waals surface area contributed by atoms with Crippen molar-refractivity contribution in [1.29, 1.82) is 0 Å². The van der Waals surface area contributed by atoms with Gasteiger partial charge in [-0.3, -0.25) is 4.98 Å². The summed E-state index contributed by atoms with van der Waals surface area (Å²) in [6, 6.07) is 5.62. The first-order valence-electron chi connectivity index (χ1n) is 5.54. The van der Waals surface area contributed by atoms with Gasteiger partial charge in [0.15, 0.2) is 5.16 Å². The molecule has 2 N–H and O–H groups in total. The van der Waals surface area contributed by atoms with Gasteiger partial charge in [0.1, 0.15) is 11.0 Å². The average molecular weight is 281 g/mol. The summed E-state index contributed by atoms with van der Waals surface area (Å²) in [6.45, 7) is 2.11. The Morgan fingerprint density at radius 3 is 2.78 bits per heavy atom. The predicted molar refractivity (Wildman–Crippen MR) is 74.6 cm³/mol. The van der Waals surface area contributed by atoms with E-state index in [0.29, 0.717) is 21.9 Å². The van der Waals surface area contributed by atoms with Crippen LogP contribution in [0.25, 0.3) is 0 Å². The van der Waals surface area contributed by atoms with Crippen molar-refractivity contribution >= 4 is 29.2 Å². The summed E-state index contributed by atoms with van der Waals surface area (Å²) < 4.78 is 0. The molecule has 0 aromatic carbocycles. The van der Waals surface area contributed by atoms with Gasteiger partial charge in [0.05, 0.1) is 5.69 Å². The van der Waals surface area contributed by atoms with Crippen molar-refractivity contribution in [3.63, 3.8) is 0 Å². The third-order valence-corrected chi connectivity index (χ3v) is 3.41. The molecular formula is C12H13ClN4S. The molecule has 2 aromatic rings. The fraction of sp³-hybridized carbons (Fsp3) is 0.250. The molecule has 0 saturated carbocycles. The van der Waals surface area contributed by atoms with Crippen LogP contribution in [0.1, 0.15) is 18.2 Å². The van der Waals surface area contributed by atoms with Crippen molar-refractivity contribution in [2.24, 2.45) is 0 Å². The lowest BCUT2D eigenvalue weighted by atomic mass is 10.2. The molecule has 2 rings (SSSR count). The van der Waals surface area contributed by atoms with Gasteiger partial charge in [0, 0.05) is 18.0 Å². The summed E-state index contributed by atoms with van der Waals surface area (Å²) in [7, 11) is 0. The molecule has 0 aliphatic heterocycles. The first-order valence-corrected chi connectivity index (χ1v) is 6.90. The fourth-order valence-electron chi connectivity index (χ4n) is 1.37. The van der Waals surface area contributed by atoms with E-state index in [1.165, 1.54) is 23.4 Å². The Morgan fingerprint density at radius 1 is 1.33 bits per heavy atom. The number of aryl methyl sites for hydroxylation is 1. The molecule has 2 aromatic heterocycles. The van der Waals surface area contributed by atoms with Crippen LogP contribution < -0.4 is 5.73 Å². The van der Waals surface area contributed by atoms with Crippen LogP contribution in [0, 0.1) is 0 Å². The lowest BCUT2D eigenvalue weighted by Gasteiger charge is -2.02. The smallest absolute Gasteiger partial charge is 0.191 e. The Kier molecular flexibility index (Phi) is 4.38. The SMILES string of the molecule is CCc1ccc(CSc2nc(N)cc(Cl)n2)nc1. The third-order valence-electron chi connectivity index (χ3n) is 2.34. The number of thioether (sulfide) groups is 1. The Balaban J connectivity index is 2.01. The summed E-state index contributed by atoms with van der Waals surface area (Å²) in [5, 5.41) is 0.931. The fourth-order valence-corrected chi connectivity index (χ4v) is 2.39. The third kappa shape index (κ3) is 3.58. The Labute approximate surface area is 115 Å². The number of anilines is 1. The molecule has 0 radical (unpaired) electrons. The van der Waals surface area contributed by atoms with Gasteiger partial charge in [-0.1, -0.05) is 36.4 Å². The largest absolute Gasteiger partial charge is 0.384 e. The number of nitrogen functional groups attached to an aromatic ring is 1. The quantitative estimate of drug-likeness (QED) is 0.530. The number of pyridine rings is 1. The highest BCUT2D eigenvalue weighted by Gasteiger charge is 2.03. The van der Waals surface area contributed by atoms with Gasteiger partial charge >= 0.3 is 0 Å². The highest BCUT2D eigenvalue weighted by molar-refractivity contribution is 7.98. The van der Waals surface area contributed by atoms with Crippen LogP contribution in [0.5, 0.6) is 0 Å². The number of hydrogen-bond donors (Lipinski definition) is 1. The number of hydrogen-bond acceptors (Lipinski definition) is 5. The second-order valence-electron chi connectivity index (χ2n) is 3.70. The van der Waals surface area contributed by atoms with E-state index in [-0.39, 0.29) is 0 Å². The van der Waals surface area contributed by atoms with Crippen LogP contribution >= 0.6 is 23.4 Å². The molecule has 2 heterocycles. The van der Waals surface area contributed by atoms with Gasteiger partial charge in [-0.05, 0) is 18.1 Å². The lowest BCUT2D eigenvalue weighted by molar-refractivity contribution is 0.973. The van der Waals surface area contributed by atoms with Crippen molar-refractivity contribution in [2.75, 3.05) is 5.73 Å². The van der Waals surface area contributed by atoms with Gasteiger partial charge < -0.3 is 5.73 Å². The first kappa shape index (κ1) is 13.1. The van der Waals surface area contributed by atoms with Gasteiger partial charge in [0.2, 0.25) is 0 Å². The zero-order valence-electron chi connectivity index (χ0n) is 9.93. The maximum absolute atomic E-state index is 5.81. The molecular weight excluding hydrogens is 268 g/mol. The minimum absolute atomic E-state index is 0.360. The Bertz CT molecular complexity index is 510. The van der Waals surface area contributed by atoms with E-state index in [1.807, 2.05) is 12.3 Å². The lowest BCUT2D eigenvalue weighted by Crippen LogP contribution is -1.95. The molecule has 0 amide bonds. The molecule has 0 fully saturated rings. The standard InChI is InChI=1S/C12H13ClN4S/c1-2-8-3-4-9(15-6-8)7-18-12-16-10(13)5-11(14)17-12/h3-6H,2,7H2,1H3,(H2,14,16,17). The summed E-state index contributed by atoms with van der Waals surface area (Å²) in [5.41, 5.74) is 7.82. The molecule has 0 aliphatic rings. The molecule has 18 heavy (non-hydrogen) atoms. The molecule has 0 unspecified atom stereocenters. The molecule has 4 nitrogen and oxygen atoms in total. The zero-order valence-corrected chi connectivity index (χ0v) is 11.5. The Hall–Kier alpha value is -1.33. The van der Waals surface area contributed by atoms with Crippen molar-refractivity contribution in [2.45, 2.75) is 24.3 Å². The summed E-state index contributed by atoms with van der Waals surface area (Å²) in [4.78, 5) is 12.6. The van der Waals surface area contributed by atoms with Crippen molar-refractivity contribution in [3.8, 4) is 0 Å². The molecule has 0 aliphatic carbocycles. The second kappa shape index (κ2) is 6.02. The molecule has 94 valence electrons. The monoisotopic (exact) mass is 280 g/mol. The van der Waals surface area contributed by atoms with Crippen LogP contribution in [-0.4, -0.2) is 15.0 Å². The average Bonchev–Trinajstić information content (AvgIpc) is 2.36. The maximum Gasteiger partial charge on any atom is 0.191 e. The van der Waals surface area contributed by atoms with Gasteiger partial charge in [-0.15, -0.1) is 0 Å². The van der Waals surface area contributed by atoms with Gasteiger partial charge in [-0.25, -0.2) is 9.97 Å². The highest BCUT2D eigenvalue weighted by Crippen LogP contribution is 2.21. The summed E-state index contributed by atoms with van der Waals surface area (Å²) in [6.07, 6.45) is 2.89. The van der Waals surface area contributed by atoms with Gasteiger partial charge in [0.25, 0.3) is 0 Å². The van der Waals surface area contributed by atoms with Crippen LogP contribution in [0.2, 0.25) is 5.15 Å². The summed E-state index contributed by atoms with van der Waals surface area (Å²) >= 11 is 7.28. The minimum atomic E-state index is 0.360. The Morgan fingerprint density at radius 2 is 2.17 bits per heavy atom. The van der Waals surface area contributed by atoms with Crippen LogP contribution in [-0.2, 0) is 12.2 Å². The molecule has 6 heteroatoms. The van der Waals surface area contributed by atoms with E-state index in [9.17, 15) is 0 Å². The summed E-state index contributed by atoms with van der Waals surface area (Å²) in [5.74, 6) is 1.08. The maximum atomic E-state index is 5.81. The van der Waals surface area contributed by atoms with E-state index in [0.717, 1.165) is 12.1 Å². The topological polar surface area (TPSA) is 64.7 Å². The van der Waals surface area contributed by atoms with E-state index >= 15 is 0 Å². The molecule has 0 saturated heterocycles. The van der Waals surface area contributed by atoms with Crippen molar-refractivity contribution < 1.29 is 0 Å². The number of nitrogens with zero attached hydrogens (tertiary/aromatic N) is 3. The molecule has 0 bridgehead atoms. The van der Waals surface area contributed by atoms with Crippen molar-refractivity contribution in [3.05, 3.63) is 40.8 Å². The van der Waals surface area contributed by atoms with Crippen molar-refractivity contribution in [1.82, 2.24) is 15.0 Å². The van der Waals surface area contributed by atoms with E-state index in [4.69, 9.17) is 17.3 Å². The van der Waals surface area contributed by atoms with E-state index in [1.54, 1.807) is 0 Å². The number of halogens is 1. The molecule has 0 spiro atoms. The normalized spacial score (nSPS) is 10.6. The van der Waals surface area contributed by atoms with Gasteiger partial charge in [-0.2, -0.15) is 0 Å². The van der Waals surface area contributed by atoms with E-state index < -0.39 is 0 Å². The minimum Gasteiger partial charge on any atom is -0.384 e. The molecule has 0 atom stereocenters. The number of nitrogens with two attached hydrogens (primary N) is 1. The van der Waals surface area contributed by atoms with Crippen LogP contribution in [0.15, 0.2) is 29.6 Å². The van der Waals surface area contributed by atoms with E-state index in [2.05, 4.69) is 27.9 Å². The predicted octanol–water partition coefficient (Wildman–Crippen LogP) is 2.96. The number of rotatable bonds is 4. The van der Waals surface area contributed by atoms with Crippen LogP contribution in [0.4, 0.5) is 5.82 Å².